The van der Waals surface area contributed by atoms with E-state index >= 15 is 0 Å². The lowest BCUT2D eigenvalue weighted by Gasteiger charge is -2.26. The number of nitrogens with one attached hydrogen (secondary N) is 1. The van der Waals surface area contributed by atoms with E-state index in [1.807, 2.05) is 6.92 Å². The summed E-state index contributed by atoms with van der Waals surface area (Å²) in [5.41, 5.74) is 0.651. The van der Waals surface area contributed by atoms with Gasteiger partial charge in [0.1, 0.15) is 15.5 Å². The number of aliphatic hydroxyl groups is 2. The van der Waals surface area contributed by atoms with Gasteiger partial charge in [-0.2, -0.15) is 5.10 Å². The summed E-state index contributed by atoms with van der Waals surface area (Å²) in [6.07, 6.45) is 3.39. The second-order valence-electron chi connectivity index (χ2n) is 8.56. The third kappa shape index (κ3) is 4.37. The molecule has 3 aromatic rings. The molecule has 12 heteroatoms. The normalized spacial score (nSPS) is 20.1. The Hall–Kier alpha value is -2.12. The Morgan fingerprint density at radius 2 is 1.97 bits per heavy atom. The minimum atomic E-state index is -3.92. The first-order chi connectivity index (χ1) is 15.0. The number of ether oxygens (including phenoxy) is 1. The van der Waals surface area contributed by atoms with Gasteiger partial charge in [0.2, 0.25) is 20.9 Å². The molecular weight excluding hydrogens is 454 g/mol. The Kier molecular flexibility index (Phi) is 6.01. The molecule has 0 bridgehead atoms. The van der Waals surface area contributed by atoms with Gasteiger partial charge in [-0.25, -0.2) is 27.6 Å². The van der Waals surface area contributed by atoms with E-state index in [-0.39, 0.29) is 22.9 Å². The molecule has 3 heterocycles. The van der Waals surface area contributed by atoms with Gasteiger partial charge in [-0.15, -0.1) is 0 Å². The lowest BCUT2D eigenvalue weighted by molar-refractivity contribution is 0.0773. The summed E-state index contributed by atoms with van der Waals surface area (Å²) in [5, 5.41) is 25.0. The molecule has 0 radical (unpaired) electrons. The van der Waals surface area contributed by atoms with Crippen LogP contribution in [-0.2, 0) is 15.6 Å². The van der Waals surface area contributed by atoms with Crippen LogP contribution in [0, 0.1) is 6.92 Å². The molecule has 32 heavy (non-hydrogen) atoms. The predicted molar refractivity (Wildman–Crippen MR) is 119 cm³/mol. The second kappa shape index (κ2) is 8.34. The molecule has 1 aliphatic rings. The highest BCUT2D eigenvalue weighted by atomic mass is 32.2. The van der Waals surface area contributed by atoms with Gasteiger partial charge in [0.05, 0.1) is 24.6 Å². The summed E-state index contributed by atoms with van der Waals surface area (Å²) in [6, 6.07) is 1.25. The number of hydrogen-bond acceptors (Lipinski definition) is 9. The zero-order chi connectivity index (χ0) is 23.3. The third-order valence-electron chi connectivity index (χ3n) is 5.49. The monoisotopic (exact) mass is 481 g/mol. The fourth-order valence-electron chi connectivity index (χ4n) is 3.81. The molecule has 1 fully saturated rings. The van der Waals surface area contributed by atoms with Crippen molar-refractivity contribution < 1.29 is 23.4 Å². The van der Waals surface area contributed by atoms with Gasteiger partial charge >= 0.3 is 0 Å². The number of aryl methyl sites for hydroxylation is 1. The van der Waals surface area contributed by atoms with Crippen LogP contribution in [-0.4, -0.2) is 57.5 Å². The lowest BCUT2D eigenvalue weighted by atomic mass is 9.94. The number of aromatic nitrogens is 4. The maximum atomic E-state index is 13.2. The van der Waals surface area contributed by atoms with Crippen molar-refractivity contribution in [1.82, 2.24) is 24.3 Å². The second-order valence-corrected chi connectivity index (χ2v) is 11.2. The van der Waals surface area contributed by atoms with Crippen molar-refractivity contribution in [2.75, 3.05) is 7.11 Å². The van der Waals surface area contributed by atoms with Crippen molar-refractivity contribution >= 4 is 26.3 Å². The minimum absolute atomic E-state index is 0.00837. The molecule has 0 saturated heterocycles. The molecule has 0 unspecified atom stereocenters. The van der Waals surface area contributed by atoms with E-state index in [9.17, 15) is 18.6 Å². The molecular formula is C20H27N5O5S2. The van der Waals surface area contributed by atoms with Crippen LogP contribution in [0.5, 0.6) is 5.88 Å². The van der Waals surface area contributed by atoms with Crippen molar-refractivity contribution in [3.63, 3.8) is 0 Å². The molecule has 4 rings (SSSR count). The highest BCUT2D eigenvalue weighted by Crippen LogP contribution is 2.33. The van der Waals surface area contributed by atoms with Crippen molar-refractivity contribution in [3.05, 3.63) is 23.0 Å². The van der Waals surface area contributed by atoms with Gasteiger partial charge in [-0.1, -0.05) is 11.3 Å². The highest BCUT2D eigenvalue weighted by Gasteiger charge is 2.29. The molecule has 3 aromatic heterocycles. The number of fused-ring (bicyclic) bond motifs is 1. The van der Waals surface area contributed by atoms with E-state index in [1.165, 1.54) is 30.7 Å². The fourth-order valence-corrected chi connectivity index (χ4v) is 6.21. The number of pyridine rings is 1. The molecule has 174 valence electrons. The number of hydrogen-bond donors (Lipinski definition) is 3. The molecule has 1 saturated carbocycles. The molecule has 10 nitrogen and oxygen atoms in total. The van der Waals surface area contributed by atoms with Gasteiger partial charge < -0.3 is 14.9 Å². The van der Waals surface area contributed by atoms with Crippen LogP contribution >= 0.6 is 11.3 Å². The molecule has 0 aromatic carbocycles. The molecule has 0 atom stereocenters. The highest BCUT2D eigenvalue weighted by molar-refractivity contribution is 7.89. The largest absolute Gasteiger partial charge is 0.480 e. The average Bonchev–Trinajstić information content (AvgIpc) is 3.26. The number of sulfonamides is 1. The van der Waals surface area contributed by atoms with Crippen LogP contribution < -0.4 is 9.46 Å². The topological polar surface area (TPSA) is 139 Å². The first-order valence-corrected chi connectivity index (χ1v) is 12.6. The van der Waals surface area contributed by atoms with Crippen molar-refractivity contribution in [2.45, 2.75) is 69.1 Å². The molecule has 0 spiro atoms. The first-order valence-electron chi connectivity index (χ1n) is 10.3. The van der Waals surface area contributed by atoms with Crippen LogP contribution in [0.15, 0.2) is 17.2 Å². The van der Waals surface area contributed by atoms with E-state index in [0.29, 0.717) is 52.6 Å². The zero-order valence-corrected chi connectivity index (χ0v) is 20.0. The molecule has 1 aliphatic carbocycles. The summed E-state index contributed by atoms with van der Waals surface area (Å²) < 4.78 is 36.0. The van der Waals surface area contributed by atoms with Gasteiger partial charge in [-0.3, -0.25) is 0 Å². The smallest absolute Gasteiger partial charge is 0.246 e. The number of nitrogens with zero attached hydrogens (tertiary/aromatic N) is 4. The van der Waals surface area contributed by atoms with E-state index in [4.69, 9.17) is 4.74 Å². The minimum Gasteiger partial charge on any atom is -0.480 e. The summed E-state index contributed by atoms with van der Waals surface area (Å²) in [6.45, 7) is 5.10. The van der Waals surface area contributed by atoms with Crippen LogP contribution in [0.2, 0.25) is 0 Å². The Morgan fingerprint density at radius 3 is 2.59 bits per heavy atom. The maximum Gasteiger partial charge on any atom is 0.246 e. The average molecular weight is 482 g/mol. The maximum absolute atomic E-state index is 13.2. The molecule has 3 N–H and O–H groups in total. The summed E-state index contributed by atoms with van der Waals surface area (Å²) >= 11 is 1.27. The van der Waals surface area contributed by atoms with E-state index in [1.54, 1.807) is 18.4 Å². The number of rotatable bonds is 6. The van der Waals surface area contributed by atoms with Gasteiger partial charge in [0.15, 0.2) is 0 Å². The predicted octanol–water partition coefficient (Wildman–Crippen LogP) is 1.98. The summed E-state index contributed by atoms with van der Waals surface area (Å²) in [5.74, 6) is -0.00837. The lowest BCUT2D eigenvalue weighted by Crippen LogP contribution is -2.38. The van der Waals surface area contributed by atoms with Crippen molar-refractivity contribution in [1.29, 1.82) is 0 Å². The first kappa shape index (κ1) is 23.1. The molecule has 0 aliphatic heterocycles. The van der Waals surface area contributed by atoms with E-state index < -0.39 is 15.6 Å². The van der Waals surface area contributed by atoms with E-state index in [0.717, 1.165) is 0 Å². The van der Waals surface area contributed by atoms with Gasteiger partial charge in [-0.05, 0) is 52.5 Å². The Labute approximate surface area is 190 Å². The third-order valence-corrected chi connectivity index (χ3v) is 8.23. The molecule has 0 amide bonds. The van der Waals surface area contributed by atoms with Crippen LogP contribution in [0.25, 0.3) is 16.2 Å². The Morgan fingerprint density at radius 1 is 1.28 bits per heavy atom. The van der Waals surface area contributed by atoms with Crippen LogP contribution in [0.1, 0.15) is 50.2 Å². The van der Waals surface area contributed by atoms with E-state index in [2.05, 4.69) is 19.8 Å². The van der Waals surface area contributed by atoms with Crippen LogP contribution in [0.4, 0.5) is 0 Å². The summed E-state index contributed by atoms with van der Waals surface area (Å²) in [4.78, 5) is 9.27. The van der Waals surface area contributed by atoms with Crippen molar-refractivity contribution in [3.8, 4) is 17.1 Å². The van der Waals surface area contributed by atoms with Crippen molar-refractivity contribution in [2.24, 2.45) is 0 Å². The zero-order valence-electron chi connectivity index (χ0n) is 18.4. The fraction of sp³-hybridized carbons (Fsp3) is 0.550. The number of methoxy groups -OCH3 is 1. The van der Waals surface area contributed by atoms with Gasteiger partial charge in [0, 0.05) is 17.8 Å². The number of imidazole rings is 1. The number of aliphatic hydroxyl groups excluding tert-OH is 1. The Bertz CT molecular complexity index is 1240. The standard InChI is InChI=1S/C20H27N5O5S2/c1-11-16(25-19(22-11)31-18(23-25)20(2,3)27)12-9-15(17(30-4)21-10-12)32(28,29)24-13-5-7-14(26)8-6-13/h9-10,13-14,24,26-27H,5-8H2,1-4H3. The van der Waals surface area contributed by atoms with Gasteiger partial charge in [0.25, 0.3) is 0 Å². The summed E-state index contributed by atoms with van der Waals surface area (Å²) in [7, 11) is -2.55. The SMILES string of the molecule is COc1ncc(-c2c(C)nc3sc(C(C)(C)O)nn23)cc1S(=O)(=O)NC1CCC(O)CC1. The van der Waals surface area contributed by atoms with Crippen LogP contribution in [0.3, 0.4) is 0 Å². The Balaban J connectivity index is 1.75. The quantitative estimate of drug-likeness (QED) is 0.486.